The molecule has 27 heavy (non-hydrogen) atoms. The summed E-state index contributed by atoms with van der Waals surface area (Å²) in [5, 5.41) is 11.7. The summed E-state index contributed by atoms with van der Waals surface area (Å²) in [5.74, 6) is -0.818. The van der Waals surface area contributed by atoms with Crippen LogP contribution in [-0.4, -0.2) is 40.9 Å². The third-order valence-electron chi connectivity index (χ3n) is 4.83. The summed E-state index contributed by atoms with van der Waals surface area (Å²) < 4.78 is 0. The van der Waals surface area contributed by atoms with Crippen LogP contribution in [0.1, 0.15) is 50.8 Å². The highest BCUT2D eigenvalue weighted by Gasteiger charge is 2.21. The molecule has 0 radical (unpaired) electrons. The van der Waals surface area contributed by atoms with E-state index in [-0.39, 0.29) is 17.0 Å². The van der Waals surface area contributed by atoms with E-state index in [1.54, 1.807) is 30.3 Å². The molecule has 0 saturated carbocycles. The van der Waals surface area contributed by atoms with Crippen molar-refractivity contribution in [1.82, 2.24) is 4.90 Å². The summed E-state index contributed by atoms with van der Waals surface area (Å²) >= 11 is 0. The van der Waals surface area contributed by atoms with E-state index in [1.807, 2.05) is 4.90 Å². The summed E-state index contributed by atoms with van der Waals surface area (Å²) in [4.78, 5) is 37.7. The molecule has 6 nitrogen and oxygen atoms in total. The fourth-order valence-corrected chi connectivity index (χ4v) is 3.09. The molecule has 6 heteroatoms. The third-order valence-corrected chi connectivity index (χ3v) is 4.83. The van der Waals surface area contributed by atoms with Crippen LogP contribution in [-0.2, 0) is 0 Å². The number of aromatic carboxylic acids is 1. The molecular formula is C21H22N2O4. The zero-order valence-electron chi connectivity index (χ0n) is 15.1. The number of rotatable bonds is 4. The molecule has 0 bridgehead atoms. The van der Waals surface area contributed by atoms with Gasteiger partial charge in [-0.15, -0.1) is 0 Å². The van der Waals surface area contributed by atoms with Crippen molar-refractivity contribution in [3.8, 4) is 0 Å². The minimum Gasteiger partial charge on any atom is -0.478 e. The van der Waals surface area contributed by atoms with E-state index < -0.39 is 11.9 Å². The van der Waals surface area contributed by atoms with Crippen molar-refractivity contribution in [2.75, 3.05) is 18.4 Å². The molecule has 0 aliphatic carbocycles. The normalized spacial score (nSPS) is 14.6. The fourth-order valence-electron chi connectivity index (χ4n) is 3.09. The Morgan fingerprint density at radius 3 is 2.22 bits per heavy atom. The highest BCUT2D eigenvalue weighted by Crippen LogP contribution is 2.19. The van der Waals surface area contributed by atoms with Gasteiger partial charge in [-0.25, -0.2) is 4.79 Å². The van der Waals surface area contributed by atoms with Crippen molar-refractivity contribution in [3.05, 3.63) is 65.2 Å². The summed E-state index contributed by atoms with van der Waals surface area (Å²) in [6, 6.07) is 12.6. The van der Waals surface area contributed by atoms with Gasteiger partial charge in [0.1, 0.15) is 0 Å². The first-order valence-electron chi connectivity index (χ1n) is 8.98. The molecule has 1 aliphatic rings. The number of hydrogen-bond acceptors (Lipinski definition) is 3. The van der Waals surface area contributed by atoms with E-state index in [9.17, 15) is 14.4 Å². The molecule has 1 saturated heterocycles. The number of benzene rings is 2. The Morgan fingerprint density at radius 1 is 0.963 bits per heavy atom. The van der Waals surface area contributed by atoms with Crippen LogP contribution in [0.25, 0.3) is 0 Å². The lowest BCUT2D eigenvalue weighted by molar-refractivity contribution is 0.0688. The van der Waals surface area contributed by atoms with Crippen molar-refractivity contribution < 1.29 is 19.5 Å². The van der Waals surface area contributed by atoms with Gasteiger partial charge in [-0.2, -0.15) is 0 Å². The van der Waals surface area contributed by atoms with Crippen LogP contribution in [0.3, 0.4) is 0 Å². The van der Waals surface area contributed by atoms with Crippen molar-refractivity contribution in [1.29, 1.82) is 0 Å². The molecule has 2 aromatic carbocycles. The second kappa shape index (κ2) is 8.03. The topological polar surface area (TPSA) is 86.7 Å². The number of nitrogens with zero attached hydrogens (tertiary/aromatic N) is 1. The van der Waals surface area contributed by atoms with E-state index in [0.29, 0.717) is 17.2 Å². The molecule has 2 amide bonds. The zero-order valence-corrected chi connectivity index (χ0v) is 15.1. The first-order valence-corrected chi connectivity index (χ1v) is 8.98. The van der Waals surface area contributed by atoms with E-state index in [4.69, 9.17) is 5.11 Å². The number of nitrogens with one attached hydrogen (secondary N) is 1. The summed E-state index contributed by atoms with van der Waals surface area (Å²) in [7, 11) is 0. The number of piperidine rings is 1. The Kier molecular flexibility index (Phi) is 5.54. The van der Waals surface area contributed by atoms with Crippen LogP contribution >= 0.6 is 0 Å². The lowest BCUT2D eigenvalue weighted by Gasteiger charge is -2.30. The van der Waals surface area contributed by atoms with Crippen LogP contribution in [0.15, 0.2) is 48.5 Å². The number of amides is 2. The largest absolute Gasteiger partial charge is 0.478 e. The Morgan fingerprint density at radius 2 is 1.59 bits per heavy atom. The summed E-state index contributed by atoms with van der Waals surface area (Å²) in [5.41, 5.74) is 1.46. The minimum absolute atomic E-state index is 0.00827. The molecule has 1 heterocycles. The van der Waals surface area contributed by atoms with E-state index in [2.05, 4.69) is 12.2 Å². The molecule has 1 fully saturated rings. The fraction of sp³-hybridized carbons (Fsp3) is 0.286. The van der Waals surface area contributed by atoms with Gasteiger partial charge in [0.15, 0.2) is 0 Å². The standard InChI is InChI=1S/C21H22N2O4/c1-14-9-11-23(12-10-14)20(25)15-5-7-18(8-6-15)22-19(24)16-3-2-4-17(13-16)21(26)27/h2-8,13-14H,9-12H2,1H3,(H,22,24)(H,26,27). The second-order valence-electron chi connectivity index (χ2n) is 6.89. The van der Waals surface area contributed by atoms with Crippen LogP contribution in [0.2, 0.25) is 0 Å². The van der Waals surface area contributed by atoms with Crippen LogP contribution in [0, 0.1) is 5.92 Å². The second-order valence-corrected chi connectivity index (χ2v) is 6.89. The summed E-state index contributed by atoms with van der Waals surface area (Å²) in [6.07, 6.45) is 2.05. The maximum atomic E-state index is 12.5. The highest BCUT2D eigenvalue weighted by atomic mass is 16.4. The van der Waals surface area contributed by atoms with Crippen molar-refractivity contribution in [2.45, 2.75) is 19.8 Å². The van der Waals surface area contributed by atoms with Gasteiger partial charge >= 0.3 is 5.97 Å². The van der Waals surface area contributed by atoms with Crippen LogP contribution in [0.4, 0.5) is 5.69 Å². The molecule has 0 unspecified atom stereocenters. The predicted molar refractivity (Wildman–Crippen MR) is 102 cm³/mol. The number of carbonyl (C=O) groups is 3. The predicted octanol–water partition coefficient (Wildman–Crippen LogP) is 3.51. The smallest absolute Gasteiger partial charge is 0.335 e. The Labute approximate surface area is 157 Å². The number of likely N-dealkylation sites (tertiary alicyclic amines) is 1. The van der Waals surface area contributed by atoms with E-state index in [0.717, 1.165) is 25.9 Å². The molecule has 2 aromatic rings. The minimum atomic E-state index is -1.08. The SMILES string of the molecule is CC1CCN(C(=O)c2ccc(NC(=O)c3cccc(C(=O)O)c3)cc2)CC1. The van der Waals surface area contributed by atoms with Crippen molar-refractivity contribution >= 4 is 23.5 Å². The lowest BCUT2D eigenvalue weighted by atomic mass is 9.98. The molecule has 140 valence electrons. The number of carboxylic acids is 1. The third kappa shape index (κ3) is 4.53. The molecule has 0 spiro atoms. The van der Waals surface area contributed by atoms with Crippen molar-refractivity contribution in [2.24, 2.45) is 5.92 Å². The number of hydrogen-bond donors (Lipinski definition) is 2. The van der Waals surface area contributed by atoms with Crippen LogP contribution < -0.4 is 5.32 Å². The van der Waals surface area contributed by atoms with Crippen molar-refractivity contribution in [3.63, 3.8) is 0 Å². The monoisotopic (exact) mass is 366 g/mol. The zero-order chi connectivity index (χ0) is 19.4. The number of anilines is 1. The average molecular weight is 366 g/mol. The lowest BCUT2D eigenvalue weighted by Crippen LogP contribution is -2.37. The molecule has 2 N–H and O–H groups in total. The highest BCUT2D eigenvalue weighted by molar-refractivity contribution is 6.05. The van der Waals surface area contributed by atoms with Crippen LogP contribution in [0.5, 0.6) is 0 Å². The van der Waals surface area contributed by atoms with E-state index >= 15 is 0 Å². The van der Waals surface area contributed by atoms with Gasteiger partial charge in [-0.1, -0.05) is 13.0 Å². The molecule has 0 atom stereocenters. The van der Waals surface area contributed by atoms with Gasteiger partial charge in [0.25, 0.3) is 11.8 Å². The molecule has 3 rings (SSSR count). The number of carbonyl (C=O) groups excluding carboxylic acids is 2. The first kappa shape index (κ1) is 18.6. The summed E-state index contributed by atoms with van der Waals surface area (Å²) in [6.45, 7) is 3.75. The van der Waals surface area contributed by atoms with Gasteiger partial charge in [-0.05, 0) is 61.2 Å². The molecule has 1 aliphatic heterocycles. The van der Waals surface area contributed by atoms with Gasteiger partial charge in [0.2, 0.25) is 0 Å². The van der Waals surface area contributed by atoms with Gasteiger partial charge in [-0.3, -0.25) is 9.59 Å². The van der Waals surface area contributed by atoms with Gasteiger partial charge in [0, 0.05) is 29.9 Å². The molecular weight excluding hydrogens is 344 g/mol. The maximum absolute atomic E-state index is 12.5. The Balaban J connectivity index is 1.65. The maximum Gasteiger partial charge on any atom is 0.335 e. The Bertz CT molecular complexity index is 853. The van der Waals surface area contributed by atoms with Gasteiger partial charge < -0.3 is 15.3 Å². The number of carboxylic acid groups (broad SMARTS) is 1. The van der Waals surface area contributed by atoms with E-state index in [1.165, 1.54) is 18.2 Å². The quantitative estimate of drug-likeness (QED) is 0.867. The first-order chi connectivity index (χ1) is 12.9. The Hall–Kier alpha value is -3.15. The van der Waals surface area contributed by atoms with Gasteiger partial charge in [0.05, 0.1) is 5.56 Å². The average Bonchev–Trinajstić information content (AvgIpc) is 2.68. The molecule has 0 aromatic heterocycles.